The summed E-state index contributed by atoms with van der Waals surface area (Å²) in [6.45, 7) is 8.02. The fraction of sp³-hybridized carbons (Fsp3) is 0.706. The number of carbonyl (C=O) groups excluding carboxylic acids is 1. The van der Waals surface area contributed by atoms with Crippen LogP contribution in [0.25, 0.3) is 0 Å². The largest absolute Gasteiger partial charge is 0.444 e. The number of rotatable bonds is 3. The van der Waals surface area contributed by atoms with Gasteiger partial charge in [0.25, 0.3) is 0 Å². The van der Waals surface area contributed by atoms with Crippen molar-refractivity contribution in [1.82, 2.24) is 9.62 Å². The maximum Gasteiger partial charge on any atom is 0.407 e. The van der Waals surface area contributed by atoms with Crippen molar-refractivity contribution in [3.8, 4) is 0 Å². The number of sulfonamides is 1. The molecule has 0 aromatic rings. The topological polar surface area (TPSA) is 75.7 Å². The second-order valence-corrected chi connectivity index (χ2v) is 10.0. The number of hydrogen-bond acceptors (Lipinski definition) is 4. The molecule has 1 unspecified atom stereocenters. The number of ether oxygens (including phenoxy) is 1. The Morgan fingerprint density at radius 2 is 1.88 bits per heavy atom. The maximum absolute atomic E-state index is 12.9. The van der Waals surface area contributed by atoms with Gasteiger partial charge in [0.2, 0.25) is 10.0 Å². The van der Waals surface area contributed by atoms with Crippen LogP contribution in [-0.4, -0.2) is 48.3 Å². The Morgan fingerprint density at radius 3 is 2.38 bits per heavy atom. The van der Waals surface area contributed by atoms with Gasteiger partial charge in [-0.1, -0.05) is 24.3 Å². The van der Waals surface area contributed by atoms with Gasteiger partial charge in [0, 0.05) is 19.1 Å². The molecule has 0 aromatic carbocycles. The first kappa shape index (κ1) is 19.0. The van der Waals surface area contributed by atoms with Gasteiger partial charge in [-0.25, -0.2) is 17.5 Å². The Labute approximate surface area is 145 Å². The molecule has 24 heavy (non-hydrogen) atoms. The second-order valence-electron chi connectivity index (χ2n) is 7.63. The summed E-state index contributed by atoms with van der Waals surface area (Å²) >= 11 is 0. The first-order chi connectivity index (χ1) is 11.0. The predicted octanol–water partition coefficient (Wildman–Crippen LogP) is 2.58. The second kappa shape index (κ2) is 6.88. The SMILES string of the molecule is CC(C)(C)OC(=O)NC1CCN(S(=O)(=O)C2(C)C=CC=CC2)CC1. The van der Waals surface area contributed by atoms with Crippen LogP contribution in [0.4, 0.5) is 4.79 Å². The van der Waals surface area contributed by atoms with Crippen molar-refractivity contribution in [2.24, 2.45) is 0 Å². The van der Waals surface area contributed by atoms with Crippen LogP contribution in [0.2, 0.25) is 0 Å². The molecular formula is C17H28N2O4S. The summed E-state index contributed by atoms with van der Waals surface area (Å²) in [4.78, 5) is 11.8. The number of allylic oxidation sites excluding steroid dienone is 3. The van der Waals surface area contributed by atoms with E-state index in [0.29, 0.717) is 32.4 Å². The standard InChI is InChI=1S/C17H28N2O4S/c1-16(2,3)23-15(20)18-14-8-12-19(13-9-14)24(21,22)17(4)10-6-5-7-11-17/h5-7,10,14H,8-9,11-13H2,1-4H3,(H,18,20). The Morgan fingerprint density at radius 1 is 1.25 bits per heavy atom. The lowest BCUT2D eigenvalue weighted by Gasteiger charge is -2.37. The zero-order valence-electron chi connectivity index (χ0n) is 14.9. The van der Waals surface area contributed by atoms with Crippen LogP contribution in [0.1, 0.15) is 47.0 Å². The zero-order valence-corrected chi connectivity index (χ0v) is 15.7. The highest BCUT2D eigenvalue weighted by molar-refractivity contribution is 7.90. The molecule has 136 valence electrons. The molecule has 1 heterocycles. The van der Waals surface area contributed by atoms with Crippen molar-refractivity contribution in [2.45, 2.75) is 63.3 Å². The van der Waals surface area contributed by atoms with E-state index < -0.39 is 26.5 Å². The third-order valence-corrected chi connectivity index (χ3v) is 6.85. The van der Waals surface area contributed by atoms with Gasteiger partial charge in [0.1, 0.15) is 10.3 Å². The van der Waals surface area contributed by atoms with Gasteiger partial charge in [-0.2, -0.15) is 0 Å². The quantitative estimate of drug-likeness (QED) is 0.843. The third-order valence-electron chi connectivity index (χ3n) is 4.32. The molecule has 0 spiro atoms. The average molecular weight is 356 g/mol. The number of carbonyl (C=O) groups is 1. The summed E-state index contributed by atoms with van der Waals surface area (Å²) in [5.41, 5.74) is -0.538. The van der Waals surface area contributed by atoms with E-state index in [0.717, 1.165) is 0 Å². The van der Waals surface area contributed by atoms with Crippen LogP contribution in [-0.2, 0) is 14.8 Å². The molecule has 2 rings (SSSR count). The highest BCUT2D eigenvalue weighted by Crippen LogP contribution is 2.31. The number of nitrogens with one attached hydrogen (secondary N) is 1. The van der Waals surface area contributed by atoms with E-state index in [9.17, 15) is 13.2 Å². The number of amides is 1. The molecule has 1 saturated heterocycles. The van der Waals surface area contributed by atoms with Gasteiger partial charge < -0.3 is 10.1 Å². The van der Waals surface area contributed by atoms with Crippen molar-refractivity contribution < 1.29 is 17.9 Å². The monoisotopic (exact) mass is 356 g/mol. The first-order valence-corrected chi connectivity index (χ1v) is 9.81. The molecule has 6 nitrogen and oxygen atoms in total. The number of nitrogens with zero attached hydrogens (tertiary/aromatic N) is 1. The van der Waals surface area contributed by atoms with Crippen LogP contribution in [0.3, 0.4) is 0 Å². The van der Waals surface area contributed by atoms with Crippen LogP contribution >= 0.6 is 0 Å². The highest BCUT2D eigenvalue weighted by atomic mass is 32.2. The van der Waals surface area contributed by atoms with Crippen molar-refractivity contribution >= 4 is 16.1 Å². The molecule has 1 atom stereocenters. The number of alkyl carbamates (subject to hydrolysis) is 1. The van der Waals surface area contributed by atoms with E-state index in [4.69, 9.17) is 4.74 Å². The lowest BCUT2D eigenvalue weighted by Crippen LogP contribution is -2.52. The van der Waals surface area contributed by atoms with E-state index in [1.54, 1.807) is 23.4 Å². The van der Waals surface area contributed by atoms with Crippen molar-refractivity contribution in [3.63, 3.8) is 0 Å². The third kappa shape index (κ3) is 4.39. The molecule has 0 radical (unpaired) electrons. The molecule has 0 aromatic heterocycles. The lowest BCUT2D eigenvalue weighted by atomic mass is 10.0. The smallest absolute Gasteiger partial charge is 0.407 e. The Hall–Kier alpha value is -1.34. The maximum atomic E-state index is 12.9. The zero-order chi connectivity index (χ0) is 18.0. The first-order valence-electron chi connectivity index (χ1n) is 8.37. The summed E-state index contributed by atoms with van der Waals surface area (Å²) in [7, 11) is -3.41. The lowest BCUT2D eigenvalue weighted by molar-refractivity contribution is 0.0489. The Bertz CT molecular complexity index is 625. The highest BCUT2D eigenvalue weighted by Gasteiger charge is 2.42. The fourth-order valence-corrected chi connectivity index (χ4v) is 4.75. The summed E-state index contributed by atoms with van der Waals surface area (Å²) in [5, 5.41) is 2.83. The molecule has 7 heteroatoms. The van der Waals surface area contributed by atoms with Crippen LogP contribution in [0.15, 0.2) is 24.3 Å². The molecule has 1 amide bonds. The normalized spacial score (nSPS) is 26.3. The summed E-state index contributed by atoms with van der Waals surface area (Å²) < 4.78 is 31.7. The van der Waals surface area contributed by atoms with Gasteiger partial charge in [-0.15, -0.1) is 0 Å². The molecule has 1 aliphatic heterocycles. The van der Waals surface area contributed by atoms with E-state index >= 15 is 0 Å². The van der Waals surface area contributed by atoms with E-state index in [1.165, 1.54) is 0 Å². The van der Waals surface area contributed by atoms with E-state index in [2.05, 4.69) is 5.32 Å². The Balaban J connectivity index is 1.92. The van der Waals surface area contributed by atoms with Crippen molar-refractivity contribution in [3.05, 3.63) is 24.3 Å². The van der Waals surface area contributed by atoms with E-state index in [1.807, 2.05) is 32.9 Å². The van der Waals surface area contributed by atoms with Gasteiger partial charge >= 0.3 is 6.09 Å². The molecule has 1 fully saturated rings. The molecule has 1 N–H and O–H groups in total. The van der Waals surface area contributed by atoms with Gasteiger partial charge in [0.15, 0.2) is 0 Å². The minimum Gasteiger partial charge on any atom is -0.444 e. The summed E-state index contributed by atoms with van der Waals surface area (Å²) in [5.74, 6) is 0. The Kier molecular flexibility index (Phi) is 5.44. The molecule has 0 saturated carbocycles. The molecule has 1 aliphatic carbocycles. The summed E-state index contributed by atoms with van der Waals surface area (Å²) in [6.07, 6.45) is 8.52. The van der Waals surface area contributed by atoms with Crippen molar-refractivity contribution in [1.29, 1.82) is 0 Å². The summed E-state index contributed by atoms with van der Waals surface area (Å²) in [6, 6.07) is -0.0547. The van der Waals surface area contributed by atoms with Crippen LogP contribution < -0.4 is 5.32 Å². The van der Waals surface area contributed by atoms with Gasteiger partial charge in [0.05, 0.1) is 0 Å². The van der Waals surface area contributed by atoms with Crippen LogP contribution in [0, 0.1) is 0 Å². The minimum absolute atomic E-state index is 0.0547. The molecule has 2 aliphatic rings. The number of hydrogen-bond donors (Lipinski definition) is 1. The predicted molar refractivity (Wildman–Crippen MR) is 94.2 cm³/mol. The van der Waals surface area contributed by atoms with Crippen molar-refractivity contribution in [2.75, 3.05) is 13.1 Å². The van der Waals surface area contributed by atoms with Gasteiger partial charge in [-0.05, 0) is 47.0 Å². The number of piperidine rings is 1. The average Bonchev–Trinajstić information content (AvgIpc) is 2.46. The van der Waals surface area contributed by atoms with Gasteiger partial charge in [-0.3, -0.25) is 0 Å². The van der Waals surface area contributed by atoms with E-state index in [-0.39, 0.29) is 6.04 Å². The molecule has 0 bridgehead atoms. The fourth-order valence-electron chi connectivity index (χ4n) is 2.91. The minimum atomic E-state index is -3.41. The molecular weight excluding hydrogens is 328 g/mol. The van der Waals surface area contributed by atoms with Crippen LogP contribution in [0.5, 0.6) is 0 Å².